The second-order valence-electron chi connectivity index (χ2n) is 7.56. The number of esters is 2. The Morgan fingerprint density at radius 1 is 0.719 bits per heavy atom. The molecule has 5 nitrogen and oxygen atoms in total. The van der Waals surface area contributed by atoms with E-state index in [1.54, 1.807) is 62.4 Å². The Kier molecular flexibility index (Phi) is 6.26. The number of rotatable bonds is 5. The number of hydrogen-bond acceptors (Lipinski definition) is 5. The molecular formula is C27H23NO4. The Labute approximate surface area is 187 Å². The first-order valence-corrected chi connectivity index (χ1v) is 10.4. The molecule has 0 saturated carbocycles. The number of benzene rings is 3. The number of para-hydroxylation sites is 2. The molecule has 0 radical (unpaired) electrons. The lowest BCUT2D eigenvalue weighted by Crippen LogP contribution is -2.38. The predicted octanol–water partition coefficient (Wildman–Crippen LogP) is 5.35. The number of carbonyl (C=O) groups is 2. The van der Waals surface area contributed by atoms with E-state index in [1.807, 2.05) is 42.5 Å². The second-order valence-corrected chi connectivity index (χ2v) is 7.56. The molecule has 0 amide bonds. The lowest BCUT2D eigenvalue weighted by molar-refractivity contribution is -0.137. The van der Waals surface area contributed by atoms with Gasteiger partial charge in [0.05, 0.1) is 5.57 Å². The monoisotopic (exact) mass is 425 g/mol. The van der Waals surface area contributed by atoms with Crippen LogP contribution in [0.5, 0.6) is 11.5 Å². The first kappa shape index (κ1) is 21.2. The molecule has 0 bridgehead atoms. The Balaban J connectivity index is 1.74. The van der Waals surface area contributed by atoms with Crippen molar-refractivity contribution >= 4 is 17.7 Å². The van der Waals surface area contributed by atoms with E-state index < -0.39 is 23.8 Å². The van der Waals surface area contributed by atoms with Gasteiger partial charge in [-0.3, -0.25) is 9.79 Å². The average Bonchev–Trinajstić information content (AvgIpc) is 2.80. The van der Waals surface area contributed by atoms with Crippen LogP contribution in [0.4, 0.5) is 0 Å². The highest BCUT2D eigenvalue weighted by Crippen LogP contribution is 2.40. The highest BCUT2D eigenvalue weighted by Gasteiger charge is 2.42. The third-order valence-corrected chi connectivity index (χ3v) is 5.38. The van der Waals surface area contributed by atoms with Crippen LogP contribution < -0.4 is 9.47 Å². The maximum absolute atomic E-state index is 13.3. The minimum absolute atomic E-state index is 0.348. The zero-order chi connectivity index (χ0) is 22.5. The number of aliphatic imine (C=N–C) groups is 1. The molecule has 0 aliphatic carbocycles. The second kappa shape index (κ2) is 9.43. The molecule has 0 N–H and O–H groups in total. The first-order chi connectivity index (χ1) is 15.5. The van der Waals surface area contributed by atoms with Gasteiger partial charge in [-0.2, -0.15) is 0 Å². The topological polar surface area (TPSA) is 65.0 Å². The van der Waals surface area contributed by atoms with E-state index in [-0.39, 0.29) is 0 Å². The van der Waals surface area contributed by atoms with E-state index >= 15 is 0 Å². The van der Waals surface area contributed by atoms with Gasteiger partial charge in [0.1, 0.15) is 17.4 Å². The van der Waals surface area contributed by atoms with E-state index in [0.29, 0.717) is 28.5 Å². The Morgan fingerprint density at radius 2 is 1.22 bits per heavy atom. The molecule has 2 atom stereocenters. The average molecular weight is 425 g/mol. The van der Waals surface area contributed by atoms with Crippen molar-refractivity contribution in [3.8, 4) is 11.5 Å². The first-order valence-electron chi connectivity index (χ1n) is 10.4. The van der Waals surface area contributed by atoms with Crippen molar-refractivity contribution in [1.82, 2.24) is 0 Å². The summed E-state index contributed by atoms with van der Waals surface area (Å²) in [4.78, 5) is 31.2. The summed E-state index contributed by atoms with van der Waals surface area (Å²) < 4.78 is 11.3. The van der Waals surface area contributed by atoms with Gasteiger partial charge in [-0.05, 0) is 43.7 Å². The Bertz CT molecular complexity index is 1170. The van der Waals surface area contributed by atoms with Crippen molar-refractivity contribution in [2.24, 2.45) is 10.9 Å². The summed E-state index contributed by atoms with van der Waals surface area (Å²) in [6.45, 7) is 3.55. The molecule has 32 heavy (non-hydrogen) atoms. The van der Waals surface area contributed by atoms with Gasteiger partial charge in [0.25, 0.3) is 0 Å². The fraction of sp³-hybridized carbons (Fsp3) is 0.148. The van der Waals surface area contributed by atoms with Crippen LogP contribution in [0.1, 0.15) is 25.3 Å². The molecule has 0 fully saturated rings. The summed E-state index contributed by atoms with van der Waals surface area (Å²) in [5.74, 6) is -1.48. The molecule has 3 aromatic rings. The maximum Gasteiger partial charge on any atom is 0.341 e. The van der Waals surface area contributed by atoms with Crippen LogP contribution in [0.25, 0.3) is 0 Å². The molecule has 1 aliphatic rings. The van der Waals surface area contributed by atoms with Gasteiger partial charge in [-0.25, -0.2) is 4.79 Å². The molecule has 2 unspecified atom stereocenters. The zero-order valence-corrected chi connectivity index (χ0v) is 17.9. The third kappa shape index (κ3) is 4.52. The van der Waals surface area contributed by atoms with E-state index in [2.05, 4.69) is 4.99 Å². The smallest absolute Gasteiger partial charge is 0.341 e. The molecule has 4 rings (SSSR count). The van der Waals surface area contributed by atoms with Crippen molar-refractivity contribution in [3.63, 3.8) is 0 Å². The molecule has 0 saturated heterocycles. The van der Waals surface area contributed by atoms with E-state index in [9.17, 15) is 9.59 Å². The highest BCUT2D eigenvalue weighted by atomic mass is 16.5. The number of carbonyl (C=O) groups excluding carboxylic acids is 2. The molecule has 3 aromatic carbocycles. The number of ether oxygens (including phenoxy) is 2. The van der Waals surface area contributed by atoms with E-state index in [4.69, 9.17) is 9.47 Å². The van der Waals surface area contributed by atoms with Crippen LogP contribution in [0.3, 0.4) is 0 Å². The van der Waals surface area contributed by atoms with Gasteiger partial charge in [0, 0.05) is 17.3 Å². The predicted molar refractivity (Wildman–Crippen MR) is 123 cm³/mol. The minimum atomic E-state index is -0.764. The zero-order valence-electron chi connectivity index (χ0n) is 17.9. The van der Waals surface area contributed by atoms with Gasteiger partial charge in [-0.1, -0.05) is 66.7 Å². The van der Waals surface area contributed by atoms with Crippen molar-refractivity contribution in [2.75, 3.05) is 0 Å². The van der Waals surface area contributed by atoms with Crippen molar-refractivity contribution in [2.45, 2.75) is 19.8 Å². The summed E-state index contributed by atoms with van der Waals surface area (Å²) in [5.41, 5.74) is 2.28. The van der Waals surface area contributed by atoms with Crippen molar-refractivity contribution < 1.29 is 19.1 Å². The number of hydrogen-bond donors (Lipinski definition) is 0. The summed E-state index contributed by atoms with van der Waals surface area (Å²) in [7, 11) is 0. The summed E-state index contributed by atoms with van der Waals surface area (Å²) >= 11 is 0. The lowest BCUT2D eigenvalue weighted by Gasteiger charge is -2.31. The quantitative estimate of drug-likeness (QED) is 0.409. The van der Waals surface area contributed by atoms with Crippen LogP contribution in [0.15, 0.2) is 107 Å². The molecule has 1 heterocycles. The summed E-state index contributed by atoms with van der Waals surface area (Å²) in [6, 6.07) is 27.2. The van der Waals surface area contributed by atoms with Gasteiger partial charge < -0.3 is 9.47 Å². The SMILES string of the molecule is CC1=NC(C)=C(C(=O)Oc2ccccc2)C(c2ccccc2)C1C(=O)Oc1ccccc1. The van der Waals surface area contributed by atoms with Crippen molar-refractivity contribution in [3.05, 3.63) is 108 Å². The van der Waals surface area contributed by atoms with Crippen LogP contribution in [-0.4, -0.2) is 17.7 Å². The molecule has 5 heteroatoms. The molecular weight excluding hydrogens is 402 g/mol. The normalized spacial score (nSPS) is 18.0. The van der Waals surface area contributed by atoms with E-state index in [1.165, 1.54) is 0 Å². The summed E-state index contributed by atoms with van der Waals surface area (Å²) in [6.07, 6.45) is 0. The maximum atomic E-state index is 13.3. The molecule has 0 aromatic heterocycles. The van der Waals surface area contributed by atoms with Gasteiger partial charge in [-0.15, -0.1) is 0 Å². The van der Waals surface area contributed by atoms with Crippen LogP contribution >= 0.6 is 0 Å². The number of nitrogens with zero attached hydrogens (tertiary/aromatic N) is 1. The Morgan fingerprint density at radius 3 is 1.78 bits per heavy atom. The fourth-order valence-corrected chi connectivity index (χ4v) is 3.95. The Hall–Kier alpha value is -3.99. The largest absolute Gasteiger partial charge is 0.426 e. The van der Waals surface area contributed by atoms with Gasteiger partial charge in [0.15, 0.2) is 0 Å². The summed E-state index contributed by atoms with van der Waals surface area (Å²) in [5, 5.41) is 0. The van der Waals surface area contributed by atoms with Crippen LogP contribution in [0.2, 0.25) is 0 Å². The fourth-order valence-electron chi connectivity index (χ4n) is 3.95. The van der Waals surface area contributed by atoms with Crippen LogP contribution in [0, 0.1) is 5.92 Å². The third-order valence-electron chi connectivity index (χ3n) is 5.38. The molecule has 1 aliphatic heterocycles. The standard InChI is InChI=1S/C27H23NO4/c1-18-23(26(29)31-21-14-8-4-9-15-21)25(20-12-6-3-7-13-20)24(19(2)28-18)27(30)32-22-16-10-5-11-17-22/h3-17,23,25H,1-2H3. The minimum Gasteiger partial charge on any atom is -0.426 e. The molecule has 160 valence electrons. The van der Waals surface area contributed by atoms with Gasteiger partial charge >= 0.3 is 11.9 Å². The van der Waals surface area contributed by atoms with Gasteiger partial charge in [0.2, 0.25) is 0 Å². The number of allylic oxidation sites excluding steroid dienone is 1. The highest BCUT2D eigenvalue weighted by molar-refractivity contribution is 6.07. The molecule has 0 spiro atoms. The van der Waals surface area contributed by atoms with Crippen molar-refractivity contribution in [1.29, 1.82) is 0 Å². The van der Waals surface area contributed by atoms with E-state index in [0.717, 1.165) is 5.56 Å². The lowest BCUT2D eigenvalue weighted by atomic mass is 9.75. The van der Waals surface area contributed by atoms with Crippen LogP contribution in [-0.2, 0) is 9.59 Å².